The monoisotopic (exact) mass is 210 g/mol. The van der Waals surface area contributed by atoms with Gasteiger partial charge in [0.15, 0.2) is 5.54 Å². The Labute approximate surface area is 85.5 Å². The van der Waals surface area contributed by atoms with Gasteiger partial charge in [-0.2, -0.15) is 0 Å². The van der Waals surface area contributed by atoms with E-state index in [1.807, 2.05) is 17.5 Å². The average molecular weight is 210 g/mol. The van der Waals surface area contributed by atoms with Gasteiger partial charge in [0.1, 0.15) is 0 Å². The van der Waals surface area contributed by atoms with Crippen LogP contribution in [-0.2, 0) is 10.3 Å². The summed E-state index contributed by atoms with van der Waals surface area (Å²) >= 11 is 1.46. The molecule has 2 rings (SSSR count). The fourth-order valence-electron chi connectivity index (χ4n) is 1.51. The lowest BCUT2D eigenvalue weighted by molar-refractivity contribution is -0.130. The van der Waals surface area contributed by atoms with Crippen molar-refractivity contribution in [1.29, 1.82) is 0 Å². The molecule has 0 bridgehead atoms. The molecule has 1 aliphatic rings. The first-order chi connectivity index (χ1) is 6.55. The molecule has 0 aromatic carbocycles. The van der Waals surface area contributed by atoms with E-state index in [1.54, 1.807) is 6.92 Å². The van der Waals surface area contributed by atoms with Crippen LogP contribution in [0.3, 0.4) is 0 Å². The number of carbonyl (C=O) groups excluding carboxylic acids is 2. The van der Waals surface area contributed by atoms with E-state index in [1.165, 1.54) is 18.4 Å². The summed E-state index contributed by atoms with van der Waals surface area (Å²) in [5, 5.41) is 4.57. The van der Waals surface area contributed by atoms with Crippen molar-refractivity contribution in [3.05, 3.63) is 22.4 Å². The number of nitrogens with one attached hydrogen (secondary N) is 1. The Balaban J connectivity index is 2.44. The standard InChI is InChI=1S/C9H10N2O2S/c1-9(6-4-3-5-14-6)7(12)11(2)8(13)10-9/h3-5H,1-2H3,(H,10,13)/t9-/m0/s1. The van der Waals surface area contributed by atoms with Crippen LogP contribution in [-0.4, -0.2) is 23.9 Å². The van der Waals surface area contributed by atoms with Gasteiger partial charge in [0, 0.05) is 11.9 Å². The first-order valence-corrected chi connectivity index (χ1v) is 5.08. The van der Waals surface area contributed by atoms with Crippen molar-refractivity contribution in [3.8, 4) is 0 Å². The zero-order valence-electron chi connectivity index (χ0n) is 7.90. The third kappa shape index (κ3) is 1.05. The van der Waals surface area contributed by atoms with E-state index in [4.69, 9.17) is 0 Å². The van der Waals surface area contributed by atoms with E-state index in [9.17, 15) is 9.59 Å². The van der Waals surface area contributed by atoms with Crippen molar-refractivity contribution in [1.82, 2.24) is 10.2 Å². The van der Waals surface area contributed by atoms with Gasteiger partial charge in [-0.05, 0) is 18.4 Å². The molecule has 2 heterocycles. The van der Waals surface area contributed by atoms with Crippen LogP contribution >= 0.6 is 11.3 Å². The fourth-order valence-corrected chi connectivity index (χ4v) is 2.34. The number of hydrogen-bond acceptors (Lipinski definition) is 3. The molecule has 1 aromatic rings. The van der Waals surface area contributed by atoms with Crippen LogP contribution in [0.25, 0.3) is 0 Å². The third-order valence-corrected chi connectivity index (χ3v) is 3.50. The van der Waals surface area contributed by atoms with Crippen LogP contribution in [0.15, 0.2) is 17.5 Å². The van der Waals surface area contributed by atoms with E-state index >= 15 is 0 Å². The van der Waals surface area contributed by atoms with Crippen LogP contribution < -0.4 is 5.32 Å². The molecular formula is C9H10N2O2S. The van der Waals surface area contributed by atoms with E-state index in [0.29, 0.717) is 0 Å². The normalized spacial score (nSPS) is 26.9. The summed E-state index contributed by atoms with van der Waals surface area (Å²) in [5.74, 6) is -0.204. The van der Waals surface area contributed by atoms with Gasteiger partial charge in [-0.15, -0.1) is 11.3 Å². The van der Waals surface area contributed by atoms with E-state index < -0.39 is 5.54 Å². The van der Waals surface area contributed by atoms with Gasteiger partial charge >= 0.3 is 6.03 Å². The van der Waals surface area contributed by atoms with Crippen molar-refractivity contribution in [2.75, 3.05) is 7.05 Å². The number of thiophene rings is 1. The molecule has 0 spiro atoms. The number of urea groups is 1. The number of carbonyl (C=O) groups is 2. The molecule has 0 unspecified atom stereocenters. The Kier molecular flexibility index (Phi) is 1.85. The highest BCUT2D eigenvalue weighted by atomic mass is 32.1. The van der Waals surface area contributed by atoms with Gasteiger partial charge in [-0.3, -0.25) is 9.69 Å². The van der Waals surface area contributed by atoms with Crippen LogP contribution in [0, 0.1) is 0 Å². The highest BCUT2D eigenvalue weighted by Crippen LogP contribution is 2.30. The Morgan fingerprint density at radius 2 is 2.21 bits per heavy atom. The molecule has 1 saturated heterocycles. The molecule has 1 fully saturated rings. The SMILES string of the molecule is CN1C(=O)N[C@@](C)(c2cccs2)C1=O. The maximum absolute atomic E-state index is 11.8. The van der Waals surface area contributed by atoms with Gasteiger partial charge in [0.25, 0.3) is 5.91 Å². The maximum atomic E-state index is 11.8. The molecule has 1 N–H and O–H groups in total. The summed E-state index contributed by atoms with van der Waals surface area (Å²) in [6.45, 7) is 1.72. The highest BCUT2D eigenvalue weighted by molar-refractivity contribution is 7.10. The summed E-state index contributed by atoms with van der Waals surface area (Å²) in [5.41, 5.74) is -0.875. The lowest BCUT2D eigenvalue weighted by Gasteiger charge is -2.18. The largest absolute Gasteiger partial charge is 0.325 e. The Morgan fingerprint density at radius 3 is 2.64 bits per heavy atom. The van der Waals surface area contributed by atoms with Crippen molar-refractivity contribution in [3.63, 3.8) is 0 Å². The lowest BCUT2D eigenvalue weighted by Crippen LogP contribution is -2.39. The molecule has 14 heavy (non-hydrogen) atoms. The Hall–Kier alpha value is -1.36. The number of imide groups is 1. The van der Waals surface area contributed by atoms with Crippen molar-refractivity contribution < 1.29 is 9.59 Å². The highest BCUT2D eigenvalue weighted by Gasteiger charge is 2.47. The van der Waals surface area contributed by atoms with Crippen LogP contribution in [0.5, 0.6) is 0 Å². The number of hydrogen-bond donors (Lipinski definition) is 1. The second-order valence-electron chi connectivity index (χ2n) is 3.40. The minimum Gasteiger partial charge on any atom is -0.319 e. The van der Waals surface area contributed by atoms with Crippen molar-refractivity contribution in [2.45, 2.75) is 12.5 Å². The molecule has 0 aliphatic carbocycles. The van der Waals surface area contributed by atoms with Crippen molar-refractivity contribution in [2.24, 2.45) is 0 Å². The summed E-state index contributed by atoms with van der Waals surface area (Å²) < 4.78 is 0. The van der Waals surface area contributed by atoms with E-state index in [-0.39, 0.29) is 11.9 Å². The molecule has 4 nitrogen and oxygen atoms in total. The lowest BCUT2D eigenvalue weighted by atomic mass is 10.0. The van der Waals surface area contributed by atoms with Gasteiger partial charge in [0.05, 0.1) is 0 Å². The predicted molar refractivity (Wildman–Crippen MR) is 53.0 cm³/mol. The summed E-state index contributed by atoms with van der Waals surface area (Å²) in [4.78, 5) is 25.1. The molecule has 1 aliphatic heterocycles. The van der Waals surface area contributed by atoms with Crippen molar-refractivity contribution >= 4 is 23.3 Å². The smallest absolute Gasteiger partial charge is 0.319 e. The second-order valence-corrected chi connectivity index (χ2v) is 4.34. The first-order valence-electron chi connectivity index (χ1n) is 4.20. The number of likely N-dealkylation sites (N-methyl/N-ethyl adjacent to an activating group) is 1. The molecular weight excluding hydrogens is 200 g/mol. The van der Waals surface area contributed by atoms with E-state index in [0.717, 1.165) is 9.78 Å². The number of amides is 3. The maximum Gasteiger partial charge on any atom is 0.325 e. The molecule has 1 aromatic heterocycles. The molecule has 0 saturated carbocycles. The number of rotatable bonds is 1. The average Bonchev–Trinajstić information content (AvgIpc) is 2.73. The second kappa shape index (κ2) is 2.81. The van der Waals surface area contributed by atoms with Crippen LogP contribution in [0.1, 0.15) is 11.8 Å². The zero-order chi connectivity index (χ0) is 10.3. The summed E-state index contributed by atoms with van der Waals surface area (Å²) in [6, 6.07) is 3.37. The molecule has 5 heteroatoms. The van der Waals surface area contributed by atoms with Gasteiger partial charge < -0.3 is 5.32 Å². The molecule has 1 atom stereocenters. The minimum atomic E-state index is -0.875. The molecule has 3 amide bonds. The molecule has 74 valence electrons. The summed E-state index contributed by atoms with van der Waals surface area (Å²) in [7, 11) is 1.48. The third-order valence-electron chi connectivity index (χ3n) is 2.41. The summed E-state index contributed by atoms with van der Waals surface area (Å²) in [6.07, 6.45) is 0. The minimum absolute atomic E-state index is 0.204. The topological polar surface area (TPSA) is 49.4 Å². The Morgan fingerprint density at radius 1 is 1.50 bits per heavy atom. The van der Waals surface area contributed by atoms with Crippen LogP contribution in [0.4, 0.5) is 4.79 Å². The van der Waals surface area contributed by atoms with Gasteiger partial charge in [-0.1, -0.05) is 6.07 Å². The quantitative estimate of drug-likeness (QED) is 0.707. The fraction of sp³-hybridized carbons (Fsp3) is 0.333. The van der Waals surface area contributed by atoms with E-state index in [2.05, 4.69) is 5.32 Å². The van der Waals surface area contributed by atoms with Crippen LogP contribution in [0.2, 0.25) is 0 Å². The number of nitrogens with zero attached hydrogens (tertiary/aromatic N) is 1. The zero-order valence-corrected chi connectivity index (χ0v) is 8.72. The molecule has 0 radical (unpaired) electrons. The first kappa shape index (κ1) is 9.21. The predicted octanol–water partition coefficient (Wildman–Crippen LogP) is 1.14. The van der Waals surface area contributed by atoms with Gasteiger partial charge in [-0.25, -0.2) is 4.79 Å². The van der Waals surface area contributed by atoms with Gasteiger partial charge in [0.2, 0.25) is 0 Å². The Bertz CT molecular complexity index is 388.